The van der Waals surface area contributed by atoms with Crippen molar-refractivity contribution < 1.29 is 19.5 Å². The number of primary amides is 1. The highest BCUT2D eigenvalue weighted by molar-refractivity contribution is 5.83. The molecule has 3 amide bonds. The molecule has 0 heterocycles. The summed E-state index contributed by atoms with van der Waals surface area (Å²) < 4.78 is 0. The van der Waals surface area contributed by atoms with Gasteiger partial charge in [0.1, 0.15) is 6.04 Å². The van der Waals surface area contributed by atoms with E-state index in [9.17, 15) is 14.4 Å². The van der Waals surface area contributed by atoms with Gasteiger partial charge in [0.25, 0.3) is 0 Å². The fraction of sp³-hybridized carbons (Fsp3) is 0.545. The minimum atomic E-state index is -1.20. The zero-order chi connectivity index (χ0) is 14.1. The van der Waals surface area contributed by atoms with Crippen LogP contribution in [0.5, 0.6) is 0 Å². The minimum Gasteiger partial charge on any atom is -0.480 e. The maximum absolute atomic E-state index is 11.7. The Bertz CT molecular complexity index is 330. The van der Waals surface area contributed by atoms with Crippen molar-refractivity contribution >= 4 is 17.9 Å². The van der Waals surface area contributed by atoms with E-state index in [1.165, 1.54) is 4.90 Å². The van der Waals surface area contributed by atoms with Crippen molar-refractivity contribution in [3.8, 4) is 0 Å². The molecule has 0 rings (SSSR count). The molecule has 1 unspecified atom stereocenters. The largest absolute Gasteiger partial charge is 0.480 e. The van der Waals surface area contributed by atoms with Crippen LogP contribution in [0, 0.1) is 0 Å². The molecule has 18 heavy (non-hydrogen) atoms. The first-order valence-corrected chi connectivity index (χ1v) is 5.59. The number of carboxylic acid groups (broad SMARTS) is 1. The molecule has 7 nitrogen and oxygen atoms in total. The Balaban J connectivity index is 4.47. The molecule has 102 valence electrons. The van der Waals surface area contributed by atoms with E-state index in [1.54, 1.807) is 13.0 Å². The lowest BCUT2D eigenvalue weighted by Gasteiger charge is -2.22. The molecule has 0 bridgehead atoms. The normalized spacial score (nSPS) is 11.4. The van der Waals surface area contributed by atoms with E-state index in [0.29, 0.717) is 13.1 Å². The molecule has 0 aromatic rings. The molecule has 0 spiro atoms. The van der Waals surface area contributed by atoms with E-state index in [-0.39, 0.29) is 12.8 Å². The predicted octanol–water partition coefficient (Wildman–Crippen LogP) is -0.0774. The molecule has 0 aliphatic heterocycles. The van der Waals surface area contributed by atoms with Gasteiger partial charge in [-0.05, 0) is 13.3 Å². The number of carbonyl (C=O) groups excluding carboxylic acids is 2. The van der Waals surface area contributed by atoms with Gasteiger partial charge in [-0.1, -0.05) is 6.08 Å². The molecular weight excluding hydrogens is 238 g/mol. The third-order valence-electron chi connectivity index (χ3n) is 2.29. The Morgan fingerprint density at radius 2 is 2.11 bits per heavy atom. The standard InChI is InChI=1S/C11H19N3O4/c1-3-7-14(4-2)11(18)13-8(10(16)17)5-6-9(12)15/h3,8H,1,4-7H2,2H3,(H2,12,15)(H,13,18)(H,16,17). The highest BCUT2D eigenvalue weighted by atomic mass is 16.4. The van der Waals surface area contributed by atoms with Gasteiger partial charge in [0, 0.05) is 19.5 Å². The monoisotopic (exact) mass is 257 g/mol. The van der Waals surface area contributed by atoms with Crippen LogP contribution in [0.4, 0.5) is 4.79 Å². The van der Waals surface area contributed by atoms with Crippen molar-refractivity contribution in [1.29, 1.82) is 0 Å². The van der Waals surface area contributed by atoms with Gasteiger partial charge in [-0.3, -0.25) is 4.79 Å². The second-order valence-corrected chi connectivity index (χ2v) is 3.67. The number of carboxylic acids is 1. The number of nitrogens with zero attached hydrogens (tertiary/aromatic N) is 1. The van der Waals surface area contributed by atoms with E-state index < -0.39 is 23.9 Å². The molecule has 0 saturated carbocycles. The Morgan fingerprint density at radius 3 is 2.50 bits per heavy atom. The van der Waals surface area contributed by atoms with Gasteiger partial charge in [0.05, 0.1) is 0 Å². The molecule has 0 radical (unpaired) electrons. The summed E-state index contributed by atoms with van der Waals surface area (Å²) in [6.07, 6.45) is 1.43. The average molecular weight is 257 g/mol. The van der Waals surface area contributed by atoms with Crippen molar-refractivity contribution in [1.82, 2.24) is 10.2 Å². The van der Waals surface area contributed by atoms with Crippen molar-refractivity contribution in [2.24, 2.45) is 5.73 Å². The zero-order valence-electron chi connectivity index (χ0n) is 10.4. The van der Waals surface area contributed by atoms with Crippen LogP contribution in [-0.2, 0) is 9.59 Å². The van der Waals surface area contributed by atoms with Gasteiger partial charge in [0.2, 0.25) is 5.91 Å². The summed E-state index contributed by atoms with van der Waals surface area (Å²) in [6.45, 7) is 6.03. The number of carbonyl (C=O) groups is 3. The van der Waals surface area contributed by atoms with Crippen LogP contribution in [0.25, 0.3) is 0 Å². The van der Waals surface area contributed by atoms with Gasteiger partial charge in [0.15, 0.2) is 0 Å². The summed E-state index contributed by atoms with van der Waals surface area (Å²) in [7, 11) is 0. The van der Waals surface area contributed by atoms with Crippen molar-refractivity contribution in [2.75, 3.05) is 13.1 Å². The molecular formula is C11H19N3O4. The van der Waals surface area contributed by atoms with Crippen LogP contribution in [0.1, 0.15) is 19.8 Å². The Morgan fingerprint density at radius 1 is 1.50 bits per heavy atom. The van der Waals surface area contributed by atoms with Crippen LogP contribution in [0.15, 0.2) is 12.7 Å². The van der Waals surface area contributed by atoms with Crippen molar-refractivity contribution in [3.05, 3.63) is 12.7 Å². The van der Waals surface area contributed by atoms with E-state index in [2.05, 4.69) is 11.9 Å². The van der Waals surface area contributed by atoms with Crippen LogP contribution in [-0.4, -0.2) is 47.0 Å². The molecule has 0 aromatic carbocycles. The van der Waals surface area contributed by atoms with Gasteiger partial charge in [-0.25, -0.2) is 9.59 Å². The zero-order valence-corrected chi connectivity index (χ0v) is 10.4. The first kappa shape index (κ1) is 16.0. The summed E-state index contributed by atoms with van der Waals surface area (Å²) in [5, 5.41) is 11.3. The fourth-order valence-electron chi connectivity index (χ4n) is 1.30. The quantitative estimate of drug-likeness (QED) is 0.528. The predicted molar refractivity (Wildman–Crippen MR) is 65.8 cm³/mol. The number of hydrogen-bond acceptors (Lipinski definition) is 3. The lowest BCUT2D eigenvalue weighted by molar-refractivity contribution is -0.139. The molecule has 0 aromatic heterocycles. The topological polar surface area (TPSA) is 113 Å². The number of likely N-dealkylation sites (N-methyl/N-ethyl adjacent to an activating group) is 1. The Kier molecular flexibility index (Phi) is 7.18. The molecule has 0 aliphatic carbocycles. The maximum atomic E-state index is 11.7. The molecule has 0 saturated heterocycles. The number of nitrogens with one attached hydrogen (secondary N) is 1. The minimum absolute atomic E-state index is 0.0257. The first-order chi connectivity index (χ1) is 8.42. The van der Waals surface area contributed by atoms with Crippen LogP contribution < -0.4 is 11.1 Å². The highest BCUT2D eigenvalue weighted by Gasteiger charge is 2.22. The summed E-state index contributed by atoms with van der Waals surface area (Å²) >= 11 is 0. The second kappa shape index (κ2) is 8.10. The van der Waals surface area contributed by atoms with E-state index >= 15 is 0 Å². The van der Waals surface area contributed by atoms with E-state index in [1.807, 2.05) is 0 Å². The Labute approximate surface area is 106 Å². The summed E-state index contributed by atoms with van der Waals surface area (Å²) in [5.41, 5.74) is 4.94. The summed E-state index contributed by atoms with van der Waals surface area (Å²) in [6, 6.07) is -1.63. The average Bonchev–Trinajstić information content (AvgIpc) is 2.30. The van der Waals surface area contributed by atoms with Crippen molar-refractivity contribution in [3.63, 3.8) is 0 Å². The molecule has 1 atom stereocenters. The number of amides is 3. The van der Waals surface area contributed by atoms with E-state index in [4.69, 9.17) is 10.8 Å². The van der Waals surface area contributed by atoms with Crippen LogP contribution in [0.2, 0.25) is 0 Å². The smallest absolute Gasteiger partial charge is 0.326 e. The number of rotatable bonds is 8. The highest BCUT2D eigenvalue weighted by Crippen LogP contribution is 1.99. The van der Waals surface area contributed by atoms with E-state index in [0.717, 1.165) is 0 Å². The Hall–Kier alpha value is -2.05. The van der Waals surface area contributed by atoms with Crippen LogP contribution >= 0.6 is 0 Å². The number of aliphatic carboxylic acids is 1. The molecule has 4 N–H and O–H groups in total. The number of nitrogens with two attached hydrogens (primary N) is 1. The SMILES string of the molecule is C=CCN(CC)C(=O)NC(CCC(N)=O)C(=O)O. The summed E-state index contributed by atoms with van der Waals surface area (Å²) in [4.78, 5) is 34.6. The van der Waals surface area contributed by atoms with Gasteiger partial charge in [-0.15, -0.1) is 6.58 Å². The number of hydrogen-bond donors (Lipinski definition) is 3. The lowest BCUT2D eigenvalue weighted by Crippen LogP contribution is -2.48. The first-order valence-electron chi connectivity index (χ1n) is 5.59. The molecule has 0 aliphatic rings. The maximum Gasteiger partial charge on any atom is 0.326 e. The van der Waals surface area contributed by atoms with Gasteiger partial charge < -0.3 is 21.1 Å². The van der Waals surface area contributed by atoms with Gasteiger partial charge >= 0.3 is 12.0 Å². The van der Waals surface area contributed by atoms with Crippen LogP contribution in [0.3, 0.4) is 0 Å². The second-order valence-electron chi connectivity index (χ2n) is 3.67. The van der Waals surface area contributed by atoms with Gasteiger partial charge in [-0.2, -0.15) is 0 Å². The lowest BCUT2D eigenvalue weighted by atomic mass is 10.1. The third-order valence-corrected chi connectivity index (χ3v) is 2.29. The third kappa shape index (κ3) is 5.88. The fourth-order valence-corrected chi connectivity index (χ4v) is 1.30. The summed E-state index contributed by atoms with van der Waals surface area (Å²) in [5.74, 6) is -1.80. The van der Waals surface area contributed by atoms with Crippen molar-refractivity contribution in [2.45, 2.75) is 25.8 Å². The number of urea groups is 1. The molecule has 7 heteroatoms. The molecule has 0 fully saturated rings.